The first kappa shape index (κ1) is 39.1. The Kier molecular flexibility index (Phi) is 13.7. The number of phenolic OH excluding ortho intramolecular Hbond substituents is 1. The zero-order valence-corrected chi connectivity index (χ0v) is 31.5. The number of benzene rings is 2. The second-order valence-corrected chi connectivity index (χ2v) is 14.3. The molecule has 3 aromatic heterocycles. The number of likely N-dealkylation sites (tertiary alicyclic amines) is 2. The zero-order valence-electron chi connectivity index (χ0n) is 31.5. The summed E-state index contributed by atoms with van der Waals surface area (Å²) in [6.07, 6.45) is 23.0. The van der Waals surface area contributed by atoms with Gasteiger partial charge in [0.25, 0.3) is 0 Å². The molecule has 5 aromatic rings. The normalized spacial score (nSPS) is 20.8. The van der Waals surface area contributed by atoms with E-state index >= 15 is 0 Å². The fraction of sp³-hybridized carbons (Fsp3) is 0.439. The summed E-state index contributed by atoms with van der Waals surface area (Å²) in [5.74, 6) is 0.980. The van der Waals surface area contributed by atoms with E-state index in [1.807, 2.05) is 30.3 Å². The molecule has 282 valence electrons. The molecule has 2 fully saturated rings. The third kappa shape index (κ3) is 10.3. The fourth-order valence-corrected chi connectivity index (χ4v) is 7.62. The average molecular weight is 723 g/mol. The molecular weight excluding hydrogens is 669 g/mol. The second kappa shape index (κ2) is 18.6. The van der Waals surface area contributed by atoms with E-state index in [2.05, 4.69) is 64.8 Å². The predicted molar refractivity (Wildman–Crippen MR) is 205 cm³/mol. The fourth-order valence-electron chi connectivity index (χ4n) is 7.62. The summed E-state index contributed by atoms with van der Waals surface area (Å²) in [5.41, 5.74) is 2.91. The molecule has 2 aromatic carbocycles. The molecule has 2 atom stereocenters. The Morgan fingerprint density at radius 1 is 0.698 bits per heavy atom. The van der Waals surface area contributed by atoms with Gasteiger partial charge in [0.05, 0.1) is 0 Å². The van der Waals surface area contributed by atoms with Crippen molar-refractivity contribution >= 4 is 12.1 Å². The van der Waals surface area contributed by atoms with E-state index < -0.39 is 6.09 Å². The van der Waals surface area contributed by atoms with Gasteiger partial charge in [-0.1, -0.05) is 51.0 Å². The minimum absolute atomic E-state index is 0.128. The smallest absolute Gasteiger partial charge is 0.424 e. The number of aromatic nitrogens is 6. The van der Waals surface area contributed by atoms with Crippen LogP contribution < -0.4 is 4.74 Å². The molecule has 0 radical (unpaired) electrons. The Morgan fingerprint density at radius 2 is 1.19 bits per heavy atom. The first-order valence-corrected chi connectivity index (χ1v) is 18.6. The molecule has 5 heterocycles. The number of ether oxygens (including phenoxy) is 1. The SMILES string of the molecule is CCC1(c2cccc(O)c2)CCCCN(C)C1.CCC1(c2cccc(OC(=O)n3ccnc3)c2)CCCCN(C)C1.O=C(n1ccnc1)n1ccnc1. The van der Waals surface area contributed by atoms with Crippen LogP contribution in [-0.2, 0) is 10.8 Å². The van der Waals surface area contributed by atoms with Crippen LogP contribution in [0.5, 0.6) is 11.5 Å². The Morgan fingerprint density at radius 3 is 1.66 bits per heavy atom. The molecule has 2 unspecified atom stereocenters. The Balaban J connectivity index is 0.000000163. The molecule has 53 heavy (non-hydrogen) atoms. The van der Waals surface area contributed by atoms with Gasteiger partial charge in [0, 0.05) is 61.1 Å². The molecule has 0 spiro atoms. The topological polar surface area (TPSA) is 124 Å². The average Bonchev–Trinajstić information content (AvgIpc) is 3.97. The predicted octanol–water partition coefficient (Wildman–Crippen LogP) is 7.45. The molecule has 12 nitrogen and oxygen atoms in total. The Bertz CT molecular complexity index is 1810. The second-order valence-electron chi connectivity index (χ2n) is 14.3. The quantitative estimate of drug-likeness (QED) is 0.197. The van der Waals surface area contributed by atoms with Crippen molar-refractivity contribution in [2.75, 3.05) is 40.3 Å². The Hall–Kier alpha value is -5.07. The number of hydrogen-bond donors (Lipinski definition) is 1. The molecule has 1 N–H and O–H groups in total. The van der Waals surface area contributed by atoms with E-state index in [1.54, 1.807) is 43.2 Å². The van der Waals surface area contributed by atoms with Crippen LogP contribution in [0.4, 0.5) is 9.59 Å². The van der Waals surface area contributed by atoms with Crippen LogP contribution in [0.2, 0.25) is 0 Å². The van der Waals surface area contributed by atoms with Gasteiger partial charge >= 0.3 is 12.1 Å². The lowest BCUT2D eigenvalue weighted by Crippen LogP contribution is -2.37. The molecule has 2 aliphatic rings. The highest BCUT2D eigenvalue weighted by molar-refractivity contribution is 5.78. The van der Waals surface area contributed by atoms with Gasteiger partial charge < -0.3 is 19.6 Å². The van der Waals surface area contributed by atoms with Crippen molar-refractivity contribution in [3.8, 4) is 11.5 Å². The summed E-state index contributed by atoms with van der Waals surface area (Å²) in [7, 11) is 4.40. The van der Waals surface area contributed by atoms with Crippen molar-refractivity contribution in [3.63, 3.8) is 0 Å². The first-order chi connectivity index (χ1) is 25.7. The van der Waals surface area contributed by atoms with Crippen LogP contribution in [0, 0.1) is 0 Å². The van der Waals surface area contributed by atoms with E-state index in [0.717, 1.165) is 32.5 Å². The maximum absolute atomic E-state index is 12.1. The first-order valence-electron chi connectivity index (χ1n) is 18.6. The van der Waals surface area contributed by atoms with E-state index in [-0.39, 0.29) is 16.9 Å². The number of rotatable bonds is 5. The summed E-state index contributed by atoms with van der Waals surface area (Å²) in [6.45, 7) is 9.01. The van der Waals surface area contributed by atoms with E-state index in [1.165, 1.54) is 88.9 Å². The lowest BCUT2D eigenvalue weighted by atomic mass is 9.74. The van der Waals surface area contributed by atoms with E-state index in [9.17, 15) is 14.7 Å². The van der Waals surface area contributed by atoms with Gasteiger partial charge in [0.1, 0.15) is 30.5 Å². The lowest BCUT2D eigenvalue weighted by Gasteiger charge is -2.35. The summed E-state index contributed by atoms with van der Waals surface area (Å²) in [4.78, 5) is 39.8. The third-order valence-corrected chi connectivity index (χ3v) is 10.7. The van der Waals surface area contributed by atoms with Crippen molar-refractivity contribution in [1.29, 1.82) is 0 Å². The Labute approximate surface area is 313 Å². The zero-order chi connectivity index (χ0) is 37.7. The van der Waals surface area contributed by atoms with Crippen molar-refractivity contribution in [3.05, 3.63) is 116 Å². The summed E-state index contributed by atoms with van der Waals surface area (Å²) in [5, 5.41) is 9.68. The number of nitrogens with zero attached hydrogens (tertiary/aromatic N) is 8. The molecule has 0 aliphatic carbocycles. The van der Waals surface area contributed by atoms with Gasteiger partial charge in [-0.15, -0.1) is 0 Å². The van der Waals surface area contributed by atoms with E-state index in [0.29, 0.717) is 11.5 Å². The maximum Gasteiger partial charge on any atom is 0.424 e. The maximum atomic E-state index is 12.1. The minimum atomic E-state index is -0.437. The number of imidazole rings is 3. The van der Waals surface area contributed by atoms with Crippen LogP contribution in [0.1, 0.15) is 76.3 Å². The van der Waals surface area contributed by atoms with Crippen LogP contribution in [0.25, 0.3) is 0 Å². The monoisotopic (exact) mass is 722 g/mol. The van der Waals surface area contributed by atoms with Gasteiger partial charge in [0.15, 0.2) is 0 Å². The standard InChI is InChI=1S/C19H25N3O2.C15H23NO.C7H6N4O/c1-3-19(9-4-5-11-21(2)14-19)16-7-6-8-17(13-16)24-18(23)22-12-10-20-15-22;1-3-15(9-4-5-10-16(2)12-15)13-7-6-8-14(17)11-13;12-7(10-3-1-8-5-10)11-4-2-9-6-11/h6-8,10,12-13,15H,3-5,9,11,14H2,1-2H3;6-8,11,17H,3-5,9-10,12H2,1-2H3;1-6H. The number of aromatic hydroxyl groups is 1. The molecule has 0 amide bonds. The number of hydrogen-bond acceptors (Lipinski definition) is 9. The molecule has 7 rings (SSSR count). The number of carbonyl (C=O) groups is 2. The molecule has 2 aliphatic heterocycles. The van der Waals surface area contributed by atoms with E-state index in [4.69, 9.17) is 4.74 Å². The van der Waals surface area contributed by atoms with Crippen molar-refractivity contribution in [2.45, 2.75) is 76.0 Å². The van der Waals surface area contributed by atoms with Gasteiger partial charge in [-0.3, -0.25) is 9.13 Å². The highest BCUT2D eigenvalue weighted by atomic mass is 16.6. The van der Waals surface area contributed by atoms with Gasteiger partial charge in [-0.25, -0.2) is 29.1 Å². The summed E-state index contributed by atoms with van der Waals surface area (Å²) in [6, 6.07) is 15.7. The van der Waals surface area contributed by atoms with Gasteiger partial charge in [-0.2, -0.15) is 0 Å². The van der Waals surface area contributed by atoms with Gasteiger partial charge in [-0.05, 0) is 101 Å². The largest absolute Gasteiger partial charge is 0.508 e. The highest BCUT2D eigenvalue weighted by Gasteiger charge is 2.34. The minimum Gasteiger partial charge on any atom is -0.508 e. The molecule has 0 bridgehead atoms. The highest BCUT2D eigenvalue weighted by Crippen LogP contribution is 2.38. The number of likely N-dealkylation sites (N-methyl/N-ethyl adjacent to an activating group) is 2. The summed E-state index contributed by atoms with van der Waals surface area (Å²) < 4.78 is 9.60. The van der Waals surface area contributed by atoms with Crippen molar-refractivity contribution in [1.82, 2.24) is 38.5 Å². The van der Waals surface area contributed by atoms with Crippen LogP contribution in [0.3, 0.4) is 0 Å². The van der Waals surface area contributed by atoms with Crippen molar-refractivity contribution in [2.24, 2.45) is 0 Å². The summed E-state index contributed by atoms with van der Waals surface area (Å²) >= 11 is 0. The van der Waals surface area contributed by atoms with Crippen LogP contribution in [-0.4, -0.2) is 96.0 Å². The van der Waals surface area contributed by atoms with Crippen molar-refractivity contribution < 1.29 is 19.4 Å². The van der Waals surface area contributed by atoms with Crippen LogP contribution >= 0.6 is 0 Å². The number of carbonyl (C=O) groups excluding carboxylic acids is 2. The third-order valence-electron chi connectivity index (χ3n) is 10.7. The molecule has 12 heteroatoms. The molecule has 0 saturated carbocycles. The molecular formula is C41H54N8O4. The number of phenols is 1. The lowest BCUT2D eigenvalue weighted by molar-refractivity contribution is 0.202. The van der Waals surface area contributed by atoms with Gasteiger partial charge in [0.2, 0.25) is 0 Å². The molecule has 2 saturated heterocycles. The van der Waals surface area contributed by atoms with Crippen LogP contribution in [0.15, 0.2) is 105 Å².